The van der Waals surface area contributed by atoms with Crippen molar-refractivity contribution in [3.05, 3.63) is 77.0 Å². The van der Waals surface area contributed by atoms with Crippen molar-refractivity contribution in [2.75, 3.05) is 6.54 Å². The summed E-state index contributed by atoms with van der Waals surface area (Å²) >= 11 is 0. The summed E-state index contributed by atoms with van der Waals surface area (Å²) in [6, 6.07) is 12.8. The van der Waals surface area contributed by atoms with E-state index < -0.39 is 0 Å². The maximum absolute atomic E-state index is 14.1. The van der Waals surface area contributed by atoms with Crippen molar-refractivity contribution in [2.24, 2.45) is 0 Å². The van der Waals surface area contributed by atoms with Gasteiger partial charge in [-0.2, -0.15) is 0 Å². The van der Waals surface area contributed by atoms with Crippen LogP contribution >= 0.6 is 0 Å². The lowest BCUT2D eigenvalue weighted by Gasteiger charge is -2.08. The first-order chi connectivity index (χ1) is 13.1. The number of carbonyl (C=O) groups excluding carboxylic acids is 1. The van der Waals surface area contributed by atoms with Gasteiger partial charge in [-0.05, 0) is 48.9 Å². The van der Waals surface area contributed by atoms with E-state index in [4.69, 9.17) is 0 Å². The first-order valence-corrected chi connectivity index (χ1v) is 8.94. The highest BCUT2D eigenvalue weighted by Crippen LogP contribution is 2.27. The van der Waals surface area contributed by atoms with Crippen LogP contribution in [0.5, 0.6) is 0 Å². The first-order valence-electron chi connectivity index (χ1n) is 8.94. The molecule has 0 bridgehead atoms. The van der Waals surface area contributed by atoms with Crippen LogP contribution in [0.4, 0.5) is 4.39 Å². The second kappa shape index (κ2) is 6.83. The van der Waals surface area contributed by atoms with Crippen LogP contribution in [0.25, 0.3) is 21.7 Å². The Balaban J connectivity index is 1.55. The SMILES string of the molecule is Cc1[nH]c2c(F)ccc(C)c2c1CCNC(=O)c1nccc2ccccc12. The maximum atomic E-state index is 14.1. The number of benzene rings is 2. The Kier molecular flexibility index (Phi) is 4.36. The average Bonchev–Trinajstić information content (AvgIpc) is 3.02. The Morgan fingerprint density at radius 1 is 1.15 bits per heavy atom. The Morgan fingerprint density at radius 3 is 2.81 bits per heavy atom. The molecule has 0 saturated heterocycles. The second-order valence-electron chi connectivity index (χ2n) is 6.73. The smallest absolute Gasteiger partial charge is 0.270 e. The number of hydrogen-bond donors (Lipinski definition) is 2. The highest BCUT2D eigenvalue weighted by atomic mass is 19.1. The summed E-state index contributed by atoms with van der Waals surface area (Å²) in [5, 5.41) is 5.67. The number of aromatic nitrogens is 2. The summed E-state index contributed by atoms with van der Waals surface area (Å²) in [5.41, 5.74) is 3.94. The van der Waals surface area contributed by atoms with Crippen LogP contribution in [0.15, 0.2) is 48.7 Å². The molecule has 4 aromatic rings. The number of nitrogens with zero attached hydrogens (tertiary/aromatic N) is 1. The van der Waals surface area contributed by atoms with Crippen LogP contribution in [0.3, 0.4) is 0 Å². The van der Waals surface area contributed by atoms with Gasteiger partial charge in [0.15, 0.2) is 0 Å². The van der Waals surface area contributed by atoms with Gasteiger partial charge in [0.25, 0.3) is 5.91 Å². The minimum absolute atomic E-state index is 0.202. The fourth-order valence-corrected chi connectivity index (χ4v) is 3.64. The molecule has 4 nitrogen and oxygen atoms in total. The van der Waals surface area contributed by atoms with Gasteiger partial charge >= 0.3 is 0 Å². The molecule has 1 amide bonds. The highest BCUT2D eigenvalue weighted by molar-refractivity contribution is 6.05. The molecule has 0 unspecified atom stereocenters. The number of aryl methyl sites for hydroxylation is 2. The molecular formula is C22H20FN3O. The number of rotatable bonds is 4. The molecule has 27 heavy (non-hydrogen) atoms. The highest BCUT2D eigenvalue weighted by Gasteiger charge is 2.15. The van der Waals surface area contributed by atoms with Gasteiger partial charge in [-0.1, -0.05) is 30.3 Å². The molecule has 0 fully saturated rings. The third-order valence-corrected chi connectivity index (χ3v) is 4.98. The number of amides is 1. The van der Waals surface area contributed by atoms with Gasteiger partial charge in [0.2, 0.25) is 0 Å². The average molecular weight is 361 g/mol. The molecule has 4 rings (SSSR count). The zero-order valence-corrected chi connectivity index (χ0v) is 15.3. The van der Waals surface area contributed by atoms with Gasteiger partial charge in [-0.3, -0.25) is 9.78 Å². The fourth-order valence-electron chi connectivity index (χ4n) is 3.64. The largest absolute Gasteiger partial charge is 0.356 e. The lowest BCUT2D eigenvalue weighted by molar-refractivity contribution is 0.0951. The molecule has 0 aliphatic carbocycles. The van der Waals surface area contributed by atoms with Crippen LogP contribution in [0.2, 0.25) is 0 Å². The quantitative estimate of drug-likeness (QED) is 0.564. The zero-order chi connectivity index (χ0) is 19.0. The van der Waals surface area contributed by atoms with E-state index in [9.17, 15) is 9.18 Å². The molecule has 2 heterocycles. The predicted molar refractivity (Wildman–Crippen MR) is 106 cm³/mol. The maximum Gasteiger partial charge on any atom is 0.270 e. The van der Waals surface area contributed by atoms with Gasteiger partial charge in [0.05, 0.1) is 5.52 Å². The Morgan fingerprint density at radius 2 is 1.96 bits per heavy atom. The number of carbonyl (C=O) groups is 1. The van der Waals surface area contributed by atoms with Gasteiger partial charge in [-0.15, -0.1) is 0 Å². The van der Waals surface area contributed by atoms with Crippen molar-refractivity contribution in [1.29, 1.82) is 0 Å². The molecule has 2 aromatic carbocycles. The molecule has 0 atom stereocenters. The third kappa shape index (κ3) is 3.05. The first kappa shape index (κ1) is 17.2. The topological polar surface area (TPSA) is 57.8 Å². The molecule has 0 radical (unpaired) electrons. The molecule has 0 spiro atoms. The van der Waals surface area contributed by atoms with E-state index in [-0.39, 0.29) is 11.7 Å². The van der Waals surface area contributed by atoms with Crippen LogP contribution in [0, 0.1) is 19.7 Å². The minimum atomic E-state index is -0.256. The number of H-pyrrole nitrogens is 1. The van der Waals surface area contributed by atoms with E-state index in [1.807, 2.05) is 44.2 Å². The van der Waals surface area contributed by atoms with Gasteiger partial charge < -0.3 is 10.3 Å². The number of fused-ring (bicyclic) bond motifs is 2. The van der Waals surface area contributed by atoms with Crippen molar-refractivity contribution < 1.29 is 9.18 Å². The Labute approximate surface area is 156 Å². The Bertz CT molecular complexity index is 1160. The monoisotopic (exact) mass is 361 g/mol. The molecule has 0 aliphatic heterocycles. The summed E-state index contributed by atoms with van der Waals surface area (Å²) in [4.78, 5) is 20.0. The molecule has 136 valence electrons. The lowest BCUT2D eigenvalue weighted by Crippen LogP contribution is -2.26. The van der Waals surface area contributed by atoms with Crippen molar-refractivity contribution in [1.82, 2.24) is 15.3 Å². The molecule has 5 heteroatoms. The van der Waals surface area contributed by atoms with Gasteiger partial charge in [-0.25, -0.2) is 4.39 Å². The second-order valence-corrected chi connectivity index (χ2v) is 6.73. The summed E-state index contributed by atoms with van der Waals surface area (Å²) in [6.45, 7) is 4.35. The summed E-state index contributed by atoms with van der Waals surface area (Å²) in [6.07, 6.45) is 2.26. The molecule has 0 saturated carbocycles. The van der Waals surface area contributed by atoms with Crippen LogP contribution in [0.1, 0.15) is 27.3 Å². The van der Waals surface area contributed by atoms with Crippen LogP contribution in [-0.2, 0) is 6.42 Å². The zero-order valence-electron chi connectivity index (χ0n) is 15.3. The number of nitrogens with one attached hydrogen (secondary N) is 2. The van der Waals surface area contributed by atoms with E-state index in [0.717, 1.165) is 33.0 Å². The van der Waals surface area contributed by atoms with E-state index in [0.29, 0.717) is 24.2 Å². The summed E-state index contributed by atoms with van der Waals surface area (Å²) in [7, 11) is 0. The summed E-state index contributed by atoms with van der Waals surface area (Å²) < 4.78 is 14.1. The van der Waals surface area contributed by atoms with E-state index in [2.05, 4.69) is 15.3 Å². The molecular weight excluding hydrogens is 341 g/mol. The summed E-state index contributed by atoms with van der Waals surface area (Å²) in [5.74, 6) is -0.457. The van der Waals surface area contributed by atoms with Gasteiger partial charge in [0, 0.05) is 29.2 Å². The predicted octanol–water partition coefficient (Wildman–Crippen LogP) is 4.44. The van der Waals surface area contributed by atoms with Crippen molar-refractivity contribution in [3.8, 4) is 0 Å². The van der Waals surface area contributed by atoms with Crippen molar-refractivity contribution in [2.45, 2.75) is 20.3 Å². The van der Waals surface area contributed by atoms with E-state index in [1.54, 1.807) is 12.3 Å². The standard InChI is InChI=1S/C22H20FN3O/c1-13-7-8-18(23)21-19(13)16(14(2)26-21)10-12-25-22(27)20-17-6-4-3-5-15(17)9-11-24-20/h3-9,11,26H,10,12H2,1-2H3,(H,25,27). The molecule has 2 aromatic heterocycles. The fraction of sp³-hybridized carbons (Fsp3) is 0.182. The normalized spacial score (nSPS) is 11.2. The number of hydrogen-bond acceptors (Lipinski definition) is 2. The number of pyridine rings is 1. The lowest BCUT2D eigenvalue weighted by atomic mass is 10.0. The van der Waals surface area contributed by atoms with Gasteiger partial charge in [0.1, 0.15) is 11.5 Å². The number of aromatic amines is 1. The third-order valence-electron chi connectivity index (χ3n) is 4.98. The molecule has 0 aliphatic rings. The molecule has 2 N–H and O–H groups in total. The van der Waals surface area contributed by atoms with E-state index >= 15 is 0 Å². The van der Waals surface area contributed by atoms with Crippen LogP contribution < -0.4 is 5.32 Å². The van der Waals surface area contributed by atoms with E-state index in [1.165, 1.54) is 6.07 Å². The minimum Gasteiger partial charge on any atom is -0.356 e. The number of halogens is 1. The van der Waals surface area contributed by atoms with Crippen LogP contribution in [-0.4, -0.2) is 22.4 Å². The van der Waals surface area contributed by atoms with Crippen molar-refractivity contribution >= 4 is 27.6 Å². The Hall–Kier alpha value is -3.21. The van der Waals surface area contributed by atoms with Crippen molar-refractivity contribution in [3.63, 3.8) is 0 Å².